The maximum atomic E-state index is 13.6. The van der Waals surface area contributed by atoms with Crippen molar-refractivity contribution in [3.63, 3.8) is 0 Å². The van der Waals surface area contributed by atoms with Crippen LogP contribution in [0.4, 0.5) is 5.13 Å². The fraction of sp³-hybridized carbons (Fsp3) is 0.107. The van der Waals surface area contributed by atoms with Crippen molar-refractivity contribution < 1.29 is 14.7 Å². The highest BCUT2D eigenvalue weighted by atomic mass is 79.9. The van der Waals surface area contributed by atoms with E-state index in [2.05, 4.69) is 31.1 Å². The monoisotopic (exact) mass is 685 g/mol. The molecule has 5 aromatic rings. The summed E-state index contributed by atoms with van der Waals surface area (Å²) in [4.78, 5) is 33.0. The summed E-state index contributed by atoms with van der Waals surface area (Å²) < 4.78 is 3.02. The number of benzene rings is 2. The van der Waals surface area contributed by atoms with Crippen molar-refractivity contribution in [2.75, 3.05) is 4.90 Å². The molecule has 2 aromatic carbocycles. The third kappa shape index (κ3) is 5.17. The van der Waals surface area contributed by atoms with Gasteiger partial charge in [0.2, 0.25) is 5.13 Å². The number of aliphatic hydroxyl groups is 1. The van der Waals surface area contributed by atoms with Crippen molar-refractivity contribution in [3.05, 3.63) is 109 Å². The van der Waals surface area contributed by atoms with Gasteiger partial charge in [-0.05, 0) is 54.4 Å². The molecule has 3 aromatic heterocycles. The topological polar surface area (TPSA) is 101 Å². The van der Waals surface area contributed by atoms with Gasteiger partial charge in [-0.2, -0.15) is 0 Å². The number of nitrogens with zero attached hydrogens (tertiary/aromatic N) is 5. The minimum atomic E-state index is -0.947. The molecule has 1 atom stereocenters. The lowest BCUT2D eigenvalue weighted by atomic mass is 9.96. The van der Waals surface area contributed by atoms with E-state index in [1.807, 2.05) is 18.2 Å². The van der Waals surface area contributed by atoms with E-state index in [0.29, 0.717) is 42.7 Å². The number of Topliss-reactive ketones (excluding diaryl/α,β-unsaturated/α-hetero) is 1. The summed E-state index contributed by atoms with van der Waals surface area (Å²) in [5.74, 6) is -1.44. The molecule has 1 fully saturated rings. The molecular weight excluding hydrogens is 669 g/mol. The summed E-state index contributed by atoms with van der Waals surface area (Å²) in [6.07, 6.45) is 1.75. The van der Waals surface area contributed by atoms with Gasteiger partial charge in [-0.25, -0.2) is 4.98 Å². The lowest BCUT2D eigenvalue weighted by Gasteiger charge is -2.22. The summed E-state index contributed by atoms with van der Waals surface area (Å²) in [6.45, 7) is 1.74. The number of carbonyl (C=O) groups is 2. The van der Waals surface area contributed by atoms with Gasteiger partial charge in [0.15, 0.2) is 10.1 Å². The number of carbonyl (C=O) groups excluding carboxylic acids is 2. The van der Waals surface area contributed by atoms with E-state index in [1.54, 1.807) is 60.0 Å². The zero-order chi connectivity index (χ0) is 28.8. The third-order valence-corrected chi connectivity index (χ3v) is 9.69. The van der Waals surface area contributed by atoms with Gasteiger partial charge in [0.05, 0.1) is 17.3 Å². The molecule has 13 heteroatoms. The van der Waals surface area contributed by atoms with Crippen molar-refractivity contribution in [1.29, 1.82) is 0 Å². The van der Waals surface area contributed by atoms with Crippen LogP contribution in [0.2, 0.25) is 10.0 Å². The normalized spacial score (nSPS) is 16.7. The van der Waals surface area contributed by atoms with Crippen LogP contribution in [0.15, 0.2) is 81.2 Å². The number of aryl methyl sites for hydroxylation is 1. The SMILES string of the molecule is Cc1nc2ccccn2c1C(O)=C1C(=O)C(=O)N(c2nnc(SCc3ccc(Cl)cc3Cl)s2)C1c1cccc(Br)c1. The molecule has 0 radical (unpaired) electrons. The maximum Gasteiger partial charge on any atom is 0.301 e. The van der Waals surface area contributed by atoms with Gasteiger partial charge in [-0.1, -0.05) is 86.5 Å². The van der Waals surface area contributed by atoms with Gasteiger partial charge < -0.3 is 5.11 Å². The van der Waals surface area contributed by atoms with Crippen LogP contribution in [0.5, 0.6) is 0 Å². The van der Waals surface area contributed by atoms with Crippen LogP contribution >= 0.6 is 62.2 Å². The molecule has 1 N–H and O–H groups in total. The van der Waals surface area contributed by atoms with Crippen LogP contribution in [0, 0.1) is 6.92 Å². The molecule has 206 valence electrons. The number of anilines is 1. The fourth-order valence-electron chi connectivity index (χ4n) is 4.68. The highest BCUT2D eigenvalue weighted by Crippen LogP contribution is 2.45. The van der Waals surface area contributed by atoms with Crippen LogP contribution in [0.1, 0.15) is 28.6 Å². The number of rotatable bonds is 6. The second-order valence-corrected chi connectivity index (χ2v) is 13.0. The number of hydrogen-bond acceptors (Lipinski definition) is 8. The van der Waals surface area contributed by atoms with Gasteiger partial charge >= 0.3 is 5.91 Å². The average molecular weight is 687 g/mol. The number of halogens is 3. The standard InChI is InChI=1S/C28H18BrCl2N5O3S2/c1-14-22(35-10-3-2-7-20(35)32-14)24(37)21-23(15-5-4-6-17(29)11-15)36(26(39)25(21)38)27-33-34-28(41-27)40-13-16-8-9-18(30)12-19(16)31/h2-12,23,37H,13H2,1H3. The Kier molecular flexibility index (Phi) is 7.64. The third-order valence-electron chi connectivity index (χ3n) is 6.51. The molecule has 4 heterocycles. The Labute approximate surface area is 260 Å². The van der Waals surface area contributed by atoms with E-state index >= 15 is 0 Å². The van der Waals surface area contributed by atoms with Crippen molar-refractivity contribution in [1.82, 2.24) is 19.6 Å². The molecule has 0 saturated carbocycles. The Morgan fingerprint density at radius 2 is 1.93 bits per heavy atom. The Hall–Kier alpha value is -3.22. The first-order valence-electron chi connectivity index (χ1n) is 12.1. The highest BCUT2D eigenvalue weighted by Gasteiger charge is 2.49. The van der Waals surface area contributed by atoms with Crippen LogP contribution in [-0.2, 0) is 15.3 Å². The van der Waals surface area contributed by atoms with Crippen molar-refractivity contribution in [2.24, 2.45) is 0 Å². The zero-order valence-electron chi connectivity index (χ0n) is 21.1. The van der Waals surface area contributed by atoms with Gasteiger partial charge in [-0.3, -0.25) is 18.9 Å². The van der Waals surface area contributed by atoms with Crippen molar-refractivity contribution >= 4 is 90.5 Å². The number of ketones is 1. The van der Waals surface area contributed by atoms with Crippen LogP contribution in [-0.4, -0.2) is 36.4 Å². The first-order valence-corrected chi connectivity index (χ1v) is 15.5. The first kappa shape index (κ1) is 27.9. The molecule has 8 nitrogen and oxygen atoms in total. The van der Waals surface area contributed by atoms with E-state index in [9.17, 15) is 14.7 Å². The lowest BCUT2D eigenvalue weighted by molar-refractivity contribution is -0.132. The van der Waals surface area contributed by atoms with Crippen LogP contribution in [0.3, 0.4) is 0 Å². The molecule has 1 amide bonds. The minimum absolute atomic E-state index is 0.0563. The smallest absolute Gasteiger partial charge is 0.301 e. The van der Waals surface area contributed by atoms with Crippen molar-refractivity contribution in [2.45, 2.75) is 23.1 Å². The second kappa shape index (κ2) is 11.2. The Bertz CT molecular complexity index is 1890. The van der Waals surface area contributed by atoms with E-state index in [4.69, 9.17) is 23.2 Å². The number of amides is 1. The quantitative estimate of drug-likeness (QED) is 0.0650. The molecule has 41 heavy (non-hydrogen) atoms. The predicted molar refractivity (Wildman–Crippen MR) is 165 cm³/mol. The number of fused-ring (bicyclic) bond motifs is 1. The van der Waals surface area contributed by atoms with E-state index in [1.165, 1.54) is 28.0 Å². The van der Waals surface area contributed by atoms with Crippen LogP contribution < -0.4 is 4.90 Å². The van der Waals surface area contributed by atoms with Gasteiger partial charge in [0.1, 0.15) is 11.3 Å². The lowest BCUT2D eigenvalue weighted by Crippen LogP contribution is -2.29. The van der Waals surface area contributed by atoms with E-state index in [-0.39, 0.29) is 16.5 Å². The Morgan fingerprint density at radius 1 is 1.10 bits per heavy atom. The van der Waals surface area contributed by atoms with Gasteiger partial charge in [0, 0.05) is 26.5 Å². The zero-order valence-corrected chi connectivity index (χ0v) is 25.8. The average Bonchev–Trinajstić information content (AvgIpc) is 3.61. The molecular formula is C28H18BrCl2N5O3S2. The Morgan fingerprint density at radius 3 is 2.71 bits per heavy atom. The maximum absolute atomic E-state index is 13.6. The summed E-state index contributed by atoms with van der Waals surface area (Å²) in [5.41, 5.74) is 2.89. The second-order valence-electron chi connectivity index (χ2n) is 9.07. The number of aliphatic hydroxyl groups excluding tert-OH is 1. The Balaban J connectivity index is 1.43. The molecule has 1 aliphatic rings. The molecule has 0 spiro atoms. The largest absolute Gasteiger partial charge is 0.505 e. The molecule has 0 bridgehead atoms. The van der Waals surface area contributed by atoms with Gasteiger partial charge in [-0.15, -0.1) is 10.2 Å². The van der Waals surface area contributed by atoms with Crippen molar-refractivity contribution in [3.8, 4) is 0 Å². The molecule has 1 unspecified atom stereocenters. The van der Waals surface area contributed by atoms with E-state index < -0.39 is 17.7 Å². The highest BCUT2D eigenvalue weighted by molar-refractivity contribution is 9.10. The predicted octanol–water partition coefficient (Wildman–Crippen LogP) is 7.48. The first-order chi connectivity index (χ1) is 19.7. The summed E-state index contributed by atoms with van der Waals surface area (Å²) >= 11 is 18.4. The number of imidazole rings is 1. The van der Waals surface area contributed by atoms with Gasteiger partial charge in [0.25, 0.3) is 5.78 Å². The summed E-state index contributed by atoms with van der Waals surface area (Å²) in [5, 5.41) is 21.5. The number of pyridine rings is 1. The molecule has 1 aliphatic heterocycles. The van der Waals surface area contributed by atoms with Crippen LogP contribution in [0.25, 0.3) is 11.4 Å². The molecule has 6 rings (SSSR count). The number of aromatic nitrogens is 4. The number of hydrogen-bond donors (Lipinski definition) is 1. The fourth-order valence-corrected chi connectivity index (χ4v) is 7.53. The summed E-state index contributed by atoms with van der Waals surface area (Å²) in [6, 6.07) is 17.0. The molecule has 0 aliphatic carbocycles. The summed E-state index contributed by atoms with van der Waals surface area (Å²) in [7, 11) is 0. The minimum Gasteiger partial charge on any atom is -0.505 e. The molecule has 1 saturated heterocycles. The number of thioether (sulfide) groups is 1. The van der Waals surface area contributed by atoms with E-state index in [0.717, 1.165) is 10.0 Å².